The molecule has 2 N–H and O–H groups in total. The number of benzene rings is 1. The largest absolute Gasteiger partial charge is 0.446 e. The van der Waals surface area contributed by atoms with E-state index in [2.05, 4.69) is 5.32 Å². The summed E-state index contributed by atoms with van der Waals surface area (Å²) in [6.07, 6.45) is -11.5. The van der Waals surface area contributed by atoms with Crippen molar-refractivity contribution < 1.29 is 31.3 Å². The van der Waals surface area contributed by atoms with Gasteiger partial charge in [0, 0.05) is 0 Å². The Kier molecular flexibility index (Phi) is 4.12. The predicted octanol–water partition coefficient (Wildman–Crippen LogP) is 2.09. The monoisotopic (exact) mass is 348 g/mol. The van der Waals surface area contributed by atoms with Gasteiger partial charge in [-0.2, -0.15) is 31.6 Å². The number of amidine groups is 1. The van der Waals surface area contributed by atoms with Crippen LogP contribution in [0.4, 0.5) is 26.3 Å². The number of nitriles is 1. The Hall–Kier alpha value is -2.50. The minimum Gasteiger partial charge on any atom is -0.247 e. The summed E-state index contributed by atoms with van der Waals surface area (Å²) in [5, 5.41) is 11.4. The second-order valence-electron chi connectivity index (χ2n) is 5.35. The molecule has 0 saturated heterocycles. The number of nitrogens with zero attached hydrogens (tertiary/aromatic N) is 1. The molecule has 0 bridgehead atoms. The van der Waals surface area contributed by atoms with Crippen molar-refractivity contribution >= 4 is 5.84 Å². The summed E-state index contributed by atoms with van der Waals surface area (Å²) >= 11 is 0. The fraction of sp³-hybridized carbons (Fsp3) is 0.333. The average Bonchev–Trinajstić information content (AvgIpc) is 2.43. The Morgan fingerprint density at radius 1 is 1.08 bits per heavy atom. The smallest absolute Gasteiger partial charge is 0.247 e. The summed E-state index contributed by atoms with van der Waals surface area (Å²) in [6.45, 7) is 2.65. The second-order valence-corrected chi connectivity index (χ2v) is 5.35. The molecule has 0 aliphatic carbocycles. The lowest BCUT2D eigenvalue weighted by molar-refractivity contribution is -0.634. The molecule has 1 aliphatic heterocycles. The van der Waals surface area contributed by atoms with Crippen LogP contribution in [-0.4, -0.2) is 23.7 Å². The van der Waals surface area contributed by atoms with Crippen LogP contribution in [0, 0.1) is 18.3 Å². The minimum absolute atomic E-state index is 0.115. The second kappa shape index (κ2) is 5.54. The summed E-state index contributed by atoms with van der Waals surface area (Å²) in [5.74, 6) is -0.468. The van der Waals surface area contributed by atoms with E-state index in [0.29, 0.717) is 5.56 Å². The van der Waals surface area contributed by atoms with E-state index in [1.807, 2.05) is 0 Å². The van der Waals surface area contributed by atoms with E-state index in [9.17, 15) is 26.3 Å². The van der Waals surface area contributed by atoms with E-state index in [1.165, 1.54) is 23.2 Å². The van der Waals surface area contributed by atoms with Gasteiger partial charge in [0.05, 0.1) is 5.56 Å². The molecule has 128 valence electrons. The van der Waals surface area contributed by atoms with Crippen molar-refractivity contribution in [2.24, 2.45) is 0 Å². The third-order valence-corrected chi connectivity index (χ3v) is 3.64. The van der Waals surface area contributed by atoms with E-state index in [4.69, 9.17) is 5.26 Å². The van der Waals surface area contributed by atoms with Crippen molar-refractivity contribution in [1.29, 1.82) is 5.26 Å². The molecule has 1 aromatic carbocycles. The van der Waals surface area contributed by atoms with Crippen molar-refractivity contribution in [2.75, 3.05) is 0 Å². The van der Waals surface area contributed by atoms with Gasteiger partial charge in [0.25, 0.3) is 5.84 Å². The fourth-order valence-corrected chi connectivity index (χ4v) is 2.51. The SMILES string of the molecule is CC1=C(C#N)C(C(F)(F)F)(C(F)(F)F)[NH+]=C(c2cccc(C)c2)N1. The number of allylic oxidation sites excluding steroid dienone is 1. The normalized spacial score (nSPS) is 17.9. The van der Waals surface area contributed by atoms with Crippen molar-refractivity contribution in [2.45, 2.75) is 31.7 Å². The maximum Gasteiger partial charge on any atom is 0.446 e. The van der Waals surface area contributed by atoms with Crippen LogP contribution in [0.15, 0.2) is 35.5 Å². The third-order valence-electron chi connectivity index (χ3n) is 3.64. The molecule has 1 aromatic rings. The summed E-state index contributed by atoms with van der Waals surface area (Å²) < 4.78 is 80.8. The molecule has 1 aliphatic rings. The summed E-state index contributed by atoms with van der Waals surface area (Å²) in [4.78, 5) is 1.50. The van der Waals surface area contributed by atoms with Crippen LogP contribution in [0.2, 0.25) is 0 Å². The zero-order chi connectivity index (χ0) is 18.3. The van der Waals surface area contributed by atoms with Crippen LogP contribution < -0.4 is 10.3 Å². The number of rotatable bonds is 1. The van der Waals surface area contributed by atoms with E-state index < -0.39 is 35.0 Å². The van der Waals surface area contributed by atoms with Gasteiger partial charge in [-0.05, 0) is 26.0 Å². The Balaban J connectivity index is 2.81. The van der Waals surface area contributed by atoms with Gasteiger partial charge in [-0.15, -0.1) is 0 Å². The molecular weight excluding hydrogens is 336 g/mol. The molecule has 0 spiro atoms. The molecule has 9 heteroatoms. The maximum atomic E-state index is 13.5. The lowest BCUT2D eigenvalue weighted by Crippen LogP contribution is -2.99. The van der Waals surface area contributed by atoms with E-state index in [0.717, 1.165) is 13.0 Å². The van der Waals surface area contributed by atoms with Crippen molar-refractivity contribution in [1.82, 2.24) is 5.32 Å². The lowest BCUT2D eigenvalue weighted by Gasteiger charge is -2.34. The molecule has 0 aromatic heterocycles. The van der Waals surface area contributed by atoms with Gasteiger partial charge in [0.2, 0.25) is 0 Å². The molecule has 2 rings (SSSR count). The van der Waals surface area contributed by atoms with Gasteiger partial charge in [-0.1, -0.05) is 17.7 Å². The van der Waals surface area contributed by atoms with Gasteiger partial charge < -0.3 is 0 Å². The standard InChI is InChI=1S/C15H11F6N3/c1-8-4-3-5-10(6-8)12-23-9(2)11(7-22)13(24-12,14(16,17)18)15(19,20)21/h3-6H,1-2H3,(H,23,24)/p+1. The van der Waals surface area contributed by atoms with Crippen molar-refractivity contribution in [3.05, 3.63) is 46.7 Å². The van der Waals surface area contributed by atoms with Crippen LogP contribution in [-0.2, 0) is 0 Å². The average molecular weight is 348 g/mol. The Morgan fingerprint density at radius 2 is 1.67 bits per heavy atom. The fourth-order valence-electron chi connectivity index (χ4n) is 2.51. The first kappa shape index (κ1) is 17.8. The lowest BCUT2D eigenvalue weighted by atomic mass is 9.86. The van der Waals surface area contributed by atoms with Gasteiger partial charge in [-0.25, -0.2) is 10.3 Å². The molecule has 0 atom stereocenters. The summed E-state index contributed by atoms with van der Waals surface area (Å²) in [7, 11) is 0. The quantitative estimate of drug-likeness (QED) is 0.764. The zero-order valence-electron chi connectivity index (χ0n) is 12.5. The zero-order valence-corrected chi connectivity index (χ0v) is 12.5. The highest BCUT2D eigenvalue weighted by Crippen LogP contribution is 2.45. The first-order chi connectivity index (χ1) is 10.9. The topological polar surface area (TPSA) is 49.8 Å². The van der Waals surface area contributed by atoms with Crippen LogP contribution in [0.25, 0.3) is 0 Å². The first-order valence-electron chi connectivity index (χ1n) is 6.68. The number of hydrogen-bond donors (Lipinski definition) is 2. The van der Waals surface area contributed by atoms with Crippen LogP contribution in [0.5, 0.6) is 0 Å². The van der Waals surface area contributed by atoms with E-state index >= 15 is 0 Å². The van der Waals surface area contributed by atoms with Crippen molar-refractivity contribution in [3.63, 3.8) is 0 Å². The van der Waals surface area contributed by atoms with Crippen LogP contribution in [0.1, 0.15) is 18.1 Å². The molecule has 24 heavy (non-hydrogen) atoms. The van der Waals surface area contributed by atoms with Gasteiger partial charge in [0.1, 0.15) is 17.3 Å². The number of alkyl halides is 6. The third kappa shape index (κ3) is 2.62. The Morgan fingerprint density at radius 3 is 2.12 bits per heavy atom. The highest BCUT2D eigenvalue weighted by atomic mass is 19.4. The molecule has 1 heterocycles. The number of halogens is 6. The molecular formula is C15H12F6N3+. The van der Waals surface area contributed by atoms with Crippen molar-refractivity contribution in [3.8, 4) is 6.07 Å². The number of nitrogens with one attached hydrogen (secondary N) is 2. The predicted molar refractivity (Wildman–Crippen MR) is 72.5 cm³/mol. The molecule has 3 nitrogen and oxygen atoms in total. The number of aryl methyl sites for hydroxylation is 1. The van der Waals surface area contributed by atoms with Gasteiger partial charge in [0.15, 0.2) is 0 Å². The molecule has 0 radical (unpaired) electrons. The molecule has 0 saturated carbocycles. The van der Waals surface area contributed by atoms with Crippen LogP contribution in [0.3, 0.4) is 0 Å². The maximum absolute atomic E-state index is 13.5. The van der Waals surface area contributed by atoms with E-state index in [-0.39, 0.29) is 5.56 Å². The van der Waals surface area contributed by atoms with Gasteiger partial charge in [-0.3, -0.25) is 0 Å². The van der Waals surface area contributed by atoms with E-state index in [1.54, 1.807) is 13.0 Å². The molecule has 0 fully saturated rings. The molecule has 0 amide bonds. The van der Waals surface area contributed by atoms with Gasteiger partial charge >= 0.3 is 17.9 Å². The highest BCUT2D eigenvalue weighted by molar-refractivity contribution is 5.96. The molecule has 0 unspecified atom stereocenters. The Bertz CT molecular complexity index is 751. The first-order valence-corrected chi connectivity index (χ1v) is 6.68. The minimum atomic E-state index is -5.77. The summed E-state index contributed by atoms with van der Waals surface area (Å²) in [5.41, 5.74) is -5.67. The highest BCUT2D eigenvalue weighted by Gasteiger charge is 2.78. The van der Waals surface area contributed by atoms with Crippen LogP contribution >= 0.6 is 0 Å². The Labute approximate surface area is 133 Å². The number of hydrogen-bond acceptors (Lipinski definition) is 2. The summed E-state index contributed by atoms with van der Waals surface area (Å²) in [6, 6.07) is 6.99.